The SMILES string of the molecule is CC(Oc1cc(-c2nn(C)c3c(-c4cnn(C5CCC(C)(C)NC5)c4)cnc(N)c23)ccc1NS(=O)(=O)C(F)F)c1ccc(F)cc1. The van der Waals surface area contributed by atoms with Crippen LogP contribution in [0.3, 0.4) is 0 Å². The van der Waals surface area contributed by atoms with Crippen LogP contribution >= 0.6 is 0 Å². The van der Waals surface area contributed by atoms with Gasteiger partial charge >= 0.3 is 5.76 Å². The highest BCUT2D eigenvalue weighted by atomic mass is 32.2. The molecule has 2 unspecified atom stereocenters. The topological polar surface area (TPSA) is 142 Å². The lowest BCUT2D eigenvalue weighted by Gasteiger charge is -2.35. The van der Waals surface area contributed by atoms with Gasteiger partial charge < -0.3 is 15.8 Å². The van der Waals surface area contributed by atoms with Gasteiger partial charge in [0.05, 0.1) is 28.8 Å². The average molecular weight is 669 g/mol. The third-order valence-electron chi connectivity index (χ3n) is 8.48. The standard InChI is InChI=1S/C32H35F3N8O3S/c1-18(19-5-8-22(33)9-6-19)46-26-13-20(7-10-25(26)41-47(44,45)31(34)35)28-27-29(42(4)40-28)24(16-37-30(27)36)21-14-39-43(17-21)23-11-12-32(2,3)38-15-23/h5-10,13-14,16-18,23,31,38,41H,11-12,15H2,1-4H3,(H2,36,37). The van der Waals surface area contributed by atoms with E-state index in [1.807, 2.05) is 15.6 Å². The van der Waals surface area contributed by atoms with Gasteiger partial charge in [-0.15, -0.1) is 0 Å². The van der Waals surface area contributed by atoms with Gasteiger partial charge in [0.25, 0.3) is 10.0 Å². The predicted octanol–water partition coefficient (Wildman–Crippen LogP) is 6.03. The van der Waals surface area contributed by atoms with E-state index in [-0.39, 0.29) is 28.8 Å². The Hall–Kier alpha value is -4.63. The molecule has 2 aromatic carbocycles. The number of alkyl halides is 2. The molecule has 0 saturated carbocycles. The number of halogens is 3. The van der Waals surface area contributed by atoms with Gasteiger partial charge in [-0.25, -0.2) is 17.8 Å². The molecule has 1 saturated heterocycles. The number of sulfonamides is 1. The van der Waals surface area contributed by atoms with Gasteiger partial charge in [0.15, 0.2) is 0 Å². The van der Waals surface area contributed by atoms with Gasteiger partial charge in [-0.05, 0) is 63.4 Å². The zero-order valence-corrected chi connectivity index (χ0v) is 27.0. The van der Waals surface area contributed by atoms with E-state index in [9.17, 15) is 21.6 Å². The summed E-state index contributed by atoms with van der Waals surface area (Å²) in [6.07, 6.45) is 6.74. The number of nitrogens with one attached hydrogen (secondary N) is 2. The van der Waals surface area contributed by atoms with Crippen LogP contribution in [0.4, 0.5) is 24.7 Å². The summed E-state index contributed by atoms with van der Waals surface area (Å²) in [7, 11) is -3.25. The normalized spacial score (nSPS) is 17.2. The smallest absolute Gasteiger partial charge is 0.355 e. The molecule has 0 spiro atoms. The maximum Gasteiger partial charge on any atom is 0.355 e. The van der Waals surface area contributed by atoms with Crippen LogP contribution in [0, 0.1) is 5.82 Å². The Morgan fingerprint density at radius 3 is 2.55 bits per heavy atom. The van der Waals surface area contributed by atoms with Crippen molar-refractivity contribution in [3.63, 3.8) is 0 Å². The molecule has 11 nitrogen and oxygen atoms in total. The van der Waals surface area contributed by atoms with Crippen LogP contribution in [0.25, 0.3) is 33.3 Å². The summed E-state index contributed by atoms with van der Waals surface area (Å²) >= 11 is 0. The summed E-state index contributed by atoms with van der Waals surface area (Å²) in [6.45, 7) is 6.84. The Morgan fingerprint density at radius 1 is 1.13 bits per heavy atom. The first-order valence-corrected chi connectivity index (χ1v) is 16.5. The minimum Gasteiger partial charge on any atom is -0.484 e. The van der Waals surface area contributed by atoms with Crippen molar-refractivity contribution in [2.45, 2.75) is 57.1 Å². The number of rotatable bonds is 9. The van der Waals surface area contributed by atoms with E-state index in [1.54, 1.807) is 31.0 Å². The van der Waals surface area contributed by atoms with Gasteiger partial charge in [-0.3, -0.25) is 14.1 Å². The van der Waals surface area contributed by atoms with Crippen molar-refractivity contribution in [2.24, 2.45) is 7.05 Å². The van der Waals surface area contributed by atoms with Crippen LogP contribution in [-0.4, -0.2) is 50.8 Å². The van der Waals surface area contributed by atoms with Gasteiger partial charge in [-0.1, -0.05) is 18.2 Å². The lowest BCUT2D eigenvalue weighted by molar-refractivity contribution is 0.228. The Bertz CT molecular complexity index is 2030. The molecule has 5 aromatic rings. The molecule has 1 aliphatic rings. The average Bonchev–Trinajstić information content (AvgIpc) is 3.64. The van der Waals surface area contributed by atoms with Crippen LogP contribution in [0.5, 0.6) is 5.75 Å². The summed E-state index contributed by atoms with van der Waals surface area (Å²) in [5.74, 6) is -3.94. The number of benzene rings is 2. The van der Waals surface area contributed by atoms with E-state index >= 15 is 0 Å². The number of anilines is 2. The number of piperidine rings is 1. The summed E-state index contributed by atoms with van der Waals surface area (Å²) < 4.78 is 76.0. The third kappa shape index (κ3) is 6.49. The second-order valence-corrected chi connectivity index (χ2v) is 14.0. The molecular formula is C32H35F3N8O3S. The molecule has 4 N–H and O–H groups in total. The van der Waals surface area contributed by atoms with Crippen LogP contribution < -0.4 is 20.5 Å². The number of nitrogen functional groups attached to an aromatic ring is 1. The summed E-state index contributed by atoms with van der Waals surface area (Å²) in [5, 5.41) is 13.5. The van der Waals surface area contributed by atoms with Crippen LogP contribution in [0.2, 0.25) is 0 Å². The lowest BCUT2D eigenvalue weighted by atomic mass is 9.91. The highest BCUT2D eigenvalue weighted by Gasteiger charge is 2.29. The second-order valence-electron chi connectivity index (χ2n) is 12.3. The summed E-state index contributed by atoms with van der Waals surface area (Å²) in [4.78, 5) is 4.47. The Labute approximate surface area is 270 Å². The molecule has 248 valence electrons. The number of pyridine rings is 1. The molecule has 0 amide bonds. The molecule has 6 rings (SSSR count). The Morgan fingerprint density at radius 2 is 1.87 bits per heavy atom. The van der Waals surface area contributed by atoms with Crippen molar-refractivity contribution in [3.05, 3.63) is 72.4 Å². The number of fused-ring (bicyclic) bond motifs is 1. The van der Waals surface area contributed by atoms with Crippen molar-refractivity contribution >= 4 is 32.4 Å². The highest BCUT2D eigenvalue weighted by Crippen LogP contribution is 2.40. The van der Waals surface area contributed by atoms with Crippen LogP contribution in [-0.2, 0) is 17.1 Å². The molecule has 0 radical (unpaired) electrons. The molecule has 2 atom stereocenters. The molecule has 0 bridgehead atoms. The van der Waals surface area contributed by atoms with Crippen molar-refractivity contribution < 1.29 is 26.3 Å². The Kier molecular flexibility index (Phi) is 8.38. The first-order valence-electron chi connectivity index (χ1n) is 15.0. The first-order chi connectivity index (χ1) is 22.2. The lowest BCUT2D eigenvalue weighted by Crippen LogP contribution is -2.47. The van der Waals surface area contributed by atoms with E-state index in [0.29, 0.717) is 27.7 Å². The monoisotopic (exact) mass is 668 g/mol. The van der Waals surface area contributed by atoms with Gasteiger partial charge in [0, 0.05) is 48.2 Å². The molecule has 15 heteroatoms. The van der Waals surface area contributed by atoms with Crippen molar-refractivity contribution in [3.8, 4) is 28.1 Å². The number of hydrogen-bond donors (Lipinski definition) is 3. The number of aryl methyl sites for hydroxylation is 1. The van der Waals surface area contributed by atoms with E-state index in [4.69, 9.17) is 15.6 Å². The number of aromatic nitrogens is 5. The van der Waals surface area contributed by atoms with E-state index in [1.165, 1.54) is 42.5 Å². The Balaban J connectivity index is 1.40. The second kappa shape index (κ2) is 12.2. The summed E-state index contributed by atoms with van der Waals surface area (Å²) in [6, 6.07) is 10.1. The molecule has 1 aliphatic heterocycles. The van der Waals surface area contributed by atoms with Crippen LogP contribution in [0.1, 0.15) is 51.3 Å². The minimum atomic E-state index is -5.02. The van der Waals surface area contributed by atoms with E-state index < -0.39 is 27.7 Å². The van der Waals surface area contributed by atoms with Gasteiger partial charge in [0.1, 0.15) is 29.2 Å². The third-order valence-corrected chi connectivity index (χ3v) is 9.46. The largest absolute Gasteiger partial charge is 0.484 e. The maximum atomic E-state index is 13.5. The molecular weight excluding hydrogens is 633 g/mol. The molecule has 0 aliphatic carbocycles. The fourth-order valence-corrected chi connectivity index (χ4v) is 6.37. The molecule has 1 fully saturated rings. The van der Waals surface area contributed by atoms with Gasteiger partial charge in [0.2, 0.25) is 0 Å². The zero-order valence-electron chi connectivity index (χ0n) is 26.2. The van der Waals surface area contributed by atoms with E-state index in [0.717, 1.165) is 30.5 Å². The molecule has 3 aromatic heterocycles. The summed E-state index contributed by atoms with van der Waals surface area (Å²) in [5.41, 5.74) is 10.0. The first kappa shape index (κ1) is 32.3. The van der Waals surface area contributed by atoms with Crippen molar-refractivity contribution in [1.82, 2.24) is 29.9 Å². The quantitative estimate of drug-likeness (QED) is 0.173. The molecule has 47 heavy (non-hydrogen) atoms. The predicted molar refractivity (Wildman–Crippen MR) is 174 cm³/mol. The number of nitrogens with zero attached hydrogens (tertiary/aromatic N) is 5. The van der Waals surface area contributed by atoms with Gasteiger partial charge in [-0.2, -0.15) is 19.0 Å². The van der Waals surface area contributed by atoms with Crippen molar-refractivity contribution in [2.75, 3.05) is 17.0 Å². The van der Waals surface area contributed by atoms with Crippen molar-refractivity contribution in [1.29, 1.82) is 0 Å². The fourth-order valence-electron chi connectivity index (χ4n) is 5.80. The number of nitrogens with two attached hydrogens (primary N) is 1. The van der Waals surface area contributed by atoms with Crippen LogP contribution in [0.15, 0.2) is 61.1 Å². The zero-order chi connectivity index (χ0) is 33.7. The fraction of sp³-hybridized carbons (Fsp3) is 0.344. The number of ether oxygens (including phenoxy) is 1. The molecule has 4 heterocycles. The minimum absolute atomic E-state index is 0.0458. The highest BCUT2D eigenvalue weighted by molar-refractivity contribution is 7.93. The maximum absolute atomic E-state index is 13.5. The number of hydrogen-bond acceptors (Lipinski definition) is 8. The van der Waals surface area contributed by atoms with E-state index in [2.05, 4.69) is 29.2 Å².